The van der Waals surface area contributed by atoms with Gasteiger partial charge in [0.2, 0.25) is 5.91 Å². The minimum absolute atomic E-state index is 0.0706. The number of carbonyl (C=O) groups is 1. The van der Waals surface area contributed by atoms with Gasteiger partial charge in [0, 0.05) is 6.42 Å². The highest BCUT2D eigenvalue weighted by Gasteiger charge is 2.13. The van der Waals surface area contributed by atoms with E-state index in [1.165, 1.54) is 16.3 Å². The van der Waals surface area contributed by atoms with Crippen LogP contribution in [-0.4, -0.2) is 15.5 Å². The van der Waals surface area contributed by atoms with Crippen LogP contribution in [0.1, 0.15) is 31.2 Å². The van der Waals surface area contributed by atoms with Crippen LogP contribution >= 0.6 is 0 Å². The second-order valence-electron chi connectivity index (χ2n) is 6.77. The van der Waals surface area contributed by atoms with Crippen molar-refractivity contribution in [2.45, 2.75) is 32.9 Å². The topological polar surface area (TPSA) is 46.9 Å². The molecular weight excluding hydrogens is 334 g/mol. The van der Waals surface area contributed by atoms with Gasteiger partial charge in [-0.15, -0.1) is 0 Å². The largest absolute Gasteiger partial charge is 0.349 e. The highest BCUT2D eigenvalue weighted by atomic mass is 16.1. The highest BCUT2D eigenvalue weighted by Crippen LogP contribution is 2.23. The number of nitrogens with one attached hydrogen (secondary N) is 1. The molecule has 1 heterocycles. The summed E-state index contributed by atoms with van der Waals surface area (Å²) in [6.45, 7) is 3.18. The average molecular weight is 357 g/mol. The first-order chi connectivity index (χ1) is 13.3. The molecule has 0 aliphatic rings. The van der Waals surface area contributed by atoms with Crippen molar-refractivity contribution >= 4 is 27.7 Å². The minimum atomic E-state index is 0.0706. The molecule has 0 aliphatic carbocycles. The Labute approximate surface area is 158 Å². The van der Waals surface area contributed by atoms with Crippen LogP contribution in [0.3, 0.4) is 0 Å². The molecule has 0 atom stereocenters. The van der Waals surface area contributed by atoms with Gasteiger partial charge in [-0.05, 0) is 34.9 Å². The summed E-state index contributed by atoms with van der Waals surface area (Å²) in [5.74, 6) is 0.954. The smallest absolute Gasteiger partial charge is 0.220 e. The summed E-state index contributed by atoms with van der Waals surface area (Å²) in [6.07, 6.45) is 1.39. The van der Waals surface area contributed by atoms with Gasteiger partial charge in [0.25, 0.3) is 0 Å². The summed E-state index contributed by atoms with van der Waals surface area (Å²) >= 11 is 0. The second-order valence-corrected chi connectivity index (χ2v) is 6.77. The van der Waals surface area contributed by atoms with Gasteiger partial charge in [0.1, 0.15) is 5.82 Å². The molecule has 0 unspecified atom stereocenters. The molecular formula is C23H23N3O. The summed E-state index contributed by atoms with van der Waals surface area (Å²) in [5, 5.41) is 5.48. The fourth-order valence-electron chi connectivity index (χ4n) is 3.53. The Hall–Kier alpha value is -3.14. The molecule has 0 saturated carbocycles. The standard InChI is InChI=1S/C23H23N3O/c1-2-8-23(27)24-15-22-25-20-13-5-6-14-21(20)26(22)16-18-11-7-10-17-9-3-4-12-19(17)18/h3-7,9-14H,2,8,15-16H2,1H3,(H,24,27). The number of hydrogen-bond donors (Lipinski definition) is 1. The number of nitrogens with zero attached hydrogens (tertiary/aromatic N) is 2. The third-order valence-corrected chi connectivity index (χ3v) is 4.86. The van der Waals surface area contributed by atoms with Crippen molar-refractivity contribution in [3.8, 4) is 0 Å². The lowest BCUT2D eigenvalue weighted by Gasteiger charge is -2.12. The Morgan fingerprint density at radius 1 is 1.00 bits per heavy atom. The first-order valence-corrected chi connectivity index (χ1v) is 9.43. The van der Waals surface area contributed by atoms with Crippen molar-refractivity contribution in [1.82, 2.24) is 14.9 Å². The number of fused-ring (bicyclic) bond motifs is 2. The molecule has 4 rings (SSSR count). The second kappa shape index (κ2) is 7.62. The van der Waals surface area contributed by atoms with Crippen LogP contribution in [0.2, 0.25) is 0 Å². The molecule has 0 spiro atoms. The Kier molecular flexibility index (Phi) is 4.88. The maximum atomic E-state index is 11.9. The molecule has 136 valence electrons. The van der Waals surface area contributed by atoms with Crippen LogP contribution in [0.15, 0.2) is 66.7 Å². The highest BCUT2D eigenvalue weighted by molar-refractivity contribution is 5.86. The van der Waals surface area contributed by atoms with Gasteiger partial charge in [-0.25, -0.2) is 4.98 Å². The number of benzene rings is 3. The Morgan fingerprint density at radius 3 is 2.67 bits per heavy atom. The van der Waals surface area contributed by atoms with E-state index < -0.39 is 0 Å². The average Bonchev–Trinajstić information content (AvgIpc) is 3.04. The van der Waals surface area contributed by atoms with Gasteiger partial charge in [-0.1, -0.05) is 61.5 Å². The van der Waals surface area contributed by atoms with Crippen molar-refractivity contribution in [2.75, 3.05) is 0 Å². The maximum absolute atomic E-state index is 11.9. The fourth-order valence-corrected chi connectivity index (χ4v) is 3.53. The normalized spacial score (nSPS) is 11.1. The monoisotopic (exact) mass is 357 g/mol. The number of para-hydroxylation sites is 2. The number of imidazole rings is 1. The van der Waals surface area contributed by atoms with E-state index in [0.29, 0.717) is 13.0 Å². The summed E-state index contributed by atoms with van der Waals surface area (Å²) in [5.41, 5.74) is 3.29. The zero-order valence-corrected chi connectivity index (χ0v) is 15.5. The third-order valence-electron chi connectivity index (χ3n) is 4.86. The van der Waals surface area contributed by atoms with E-state index in [-0.39, 0.29) is 5.91 Å². The zero-order chi connectivity index (χ0) is 18.6. The summed E-state index contributed by atoms with van der Waals surface area (Å²) in [4.78, 5) is 16.7. The van der Waals surface area contributed by atoms with Crippen LogP contribution in [-0.2, 0) is 17.9 Å². The first kappa shape index (κ1) is 17.3. The number of hydrogen-bond acceptors (Lipinski definition) is 2. The van der Waals surface area contributed by atoms with Crippen molar-refractivity contribution in [1.29, 1.82) is 0 Å². The van der Waals surface area contributed by atoms with E-state index in [9.17, 15) is 4.79 Å². The molecule has 3 aromatic carbocycles. The van der Waals surface area contributed by atoms with Gasteiger partial charge in [0.05, 0.1) is 24.1 Å². The van der Waals surface area contributed by atoms with Crippen molar-refractivity contribution < 1.29 is 4.79 Å². The van der Waals surface area contributed by atoms with E-state index in [1.54, 1.807) is 0 Å². The van der Waals surface area contributed by atoms with Crippen LogP contribution in [0.25, 0.3) is 21.8 Å². The fraction of sp³-hybridized carbons (Fsp3) is 0.217. The lowest BCUT2D eigenvalue weighted by atomic mass is 10.0. The molecule has 1 amide bonds. The molecule has 1 N–H and O–H groups in total. The van der Waals surface area contributed by atoms with Crippen LogP contribution < -0.4 is 5.32 Å². The summed E-state index contributed by atoms with van der Waals surface area (Å²) < 4.78 is 2.21. The van der Waals surface area contributed by atoms with Gasteiger partial charge < -0.3 is 9.88 Å². The Balaban J connectivity index is 1.73. The molecule has 0 aliphatic heterocycles. The summed E-state index contributed by atoms with van der Waals surface area (Å²) in [6, 6.07) is 23.0. The third kappa shape index (κ3) is 3.56. The molecule has 4 heteroatoms. The van der Waals surface area contributed by atoms with Gasteiger partial charge in [-0.3, -0.25) is 4.79 Å². The van der Waals surface area contributed by atoms with Crippen molar-refractivity contribution in [2.24, 2.45) is 0 Å². The van der Waals surface area contributed by atoms with Gasteiger partial charge in [-0.2, -0.15) is 0 Å². The van der Waals surface area contributed by atoms with Crippen LogP contribution in [0.4, 0.5) is 0 Å². The zero-order valence-electron chi connectivity index (χ0n) is 15.5. The van der Waals surface area contributed by atoms with Gasteiger partial charge >= 0.3 is 0 Å². The molecule has 0 saturated heterocycles. The molecule has 0 fully saturated rings. The van der Waals surface area contributed by atoms with E-state index in [1.807, 2.05) is 25.1 Å². The quantitative estimate of drug-likeness (QED) is 0.546. The van der Waals surface area contributed by atoms with Crippen molar-refractivity contribution in [3.63, 3.8) is 0 Å². The van der Waals surface area contributed by atoms with Crippen LogP contribution in [0.5, 0.6) is 0 Å². The lowest BCUT2D eigenvalue weighted by molar-refractivity contribution is -0.121. The number of amides is 1. The first-order valence-electron chi connectivity index (χ1n) is 9.43. The van der Waals surface area contributed by atoms with E-state index in [4.69, 9.17) is 4.98 Å². The molecule has 0 bridgehead atoms. The number of aromatic nitrogens is 2. The van der Waals surface area contributed by atoms with E-state index in [0.717, 1.165) is 29.8 Å². The van der Waals surface area contributed by atoms with Gasteiger partial charge in [0.15, 0.2) is 0 Å². The number of rotatable bonds is 6. The predicted octanol–water partition coefficient (Wildman–Crippen LogP) is 4.65. The molecule has 27 heavy (non-hydrogen) atoms. The molecule has 4 aromatic rings. The Bertz CT molecular complexity index is 1090. The SMILES string of the molecule is CCCC(=O)NCc1nc2ccccc2n1Cc1cccc2ccccc12. The lowest BCUT2D eigenvalue weighted by Crippen LogP contribution is -2.24. The van der Waals surface area contributed by atoms with Crippen molar-refractivity contribution in [3.05, 3.63) is 78.1 Å². The minimum Gasteiger partial charge on any atom is -0.349 e. The number of carbonyl (C=O) groups excluding carboxylic acids is 1. The Morgan fingerprint density at radius 2 is 1.78 bits per heavy atom. The molecule has 0 radical (unpaired) electrons. The predicted molar refractivity (Wildman–Crippen MR) is 110 cm³/mol. The van der Waals surface area contributed by atoms with E-state index in [2.05, 4.69) is 58.4 Å². The summed E-state index contributed by atoms with van der Waals surface area (Å²) in [7, 11) is 0. The molecule has 1 aromatic heterocycles. The maximum Gasteiger partial charge on any atom is 0.220 e. The van der Waals surface area contributed by atoms with Crippen LogP contribution in [0, 0.1) is 0 Å². The van der Waals surface area contributed by atoms with E-state index >= 15 is 0 Å². The molecule has 4 nitrogen and oxygen atoms in total.